The molecule has 0 spiro atoms. The van der Waals surface area contributed by atoms with E-state index in [0.717, 1.165) is 0 Å². The van der Waals surface area contributed by atoms with E-state index in [1.165, 1.54) is 13.8 Å². The van der Waals surface area contributed by atoms with Gasteiger partial charge >= 0.3 is 17.9 Å². The van der Waals surface area contributed by atoms with Gasteiger partial charge in [0.15, 0.2) is 0 Å². The summed E-state index contributed by atoms with van der Waals surface area (Å²) in [5.74, 6) is -4.50. The fourth-order valence-electron chi connectivity index (χ4n) is 1.40. The first kappa shape index (κ1) is 14.4. The Hall–Kier alpha value is -1.59. The second-order valence-corrected chi connectivity index (χ2v) is 4.20. The van der Waals surface area contributed by atoms with Gasteiger partial charge in [0.05, 0.1) is 11.3 Å². The predicted molar refractivity (Wildman–Crippen MR) is 54.0 cm³/mol. The minimum absolute atomic E-state index is 0.0426. The van der Waals surface area contributed by atoms with Gasteiger partial charge in [-0.05, 0) is 26.7 Å². The molecule has 0 aliphatic rings. The molecule has 0 aliphatic heterocycles. The summed E-state index contributed by atoms with van der Waals surface area (Å²) in [5, 5.41) is 26.2. The van der Waals surface area contributed by atoms with Crippen molar-refractivity contribution in [1.82, 2.24) is 0 Å². The minimum atomic E-state index is -1.40. The minimum Gasteiger partial charge on any atom is -0.481 e. The molecule has 0 fully saturated rings. The second-order valence-electron chi connectivity index (χ2n) is 4.20. The SMILES string of the molecule is CC(C)(C(=O)O)C(CCCC(=O)O)C(=O)O. The van der Waals surface area contributed by atoms with Gasteiger partial charge in [-0.3, -0.25) is 14.4 Å². The lowest BCUT2D eigenvalue weighted by Gasteiger charge is -2.26. The molecule has 3 N–H and O–H groups in total. The van der Waals surface area contributed by atoms with Gasteiger partial charge in [-0.1, -0.05) is 0 Å². The molecule has 0 saturated carbocycles. The largest absolute Gasteiger partial charge is 0.481 e. The van der Waals surface area contributed by atoms with Crippen LogP contribution >= 0.6 is 0 Å². The van der Waals surface area contributed by atoms with Crippen LogP contribution in [0, 0.1) is 11.3 Å². The van der Waals surface area contributed by atoms with Crippen LogP contribution in [0.25, 0.3) is 0 Å². The quantitative estimate of drug-likeness (QED) is 0.604. The van der Waals surface area contributed by atoms with E-state index in [0.29, 0.717) is 0 Å². The van der Waals surface area contributed by atoms with Gasteiger partial charge in [0, 0.05) is 6.42 Å². The first-order valence-corrected chi connectivity index (χ1v) is 4.87. The second kappa shape index (κ2) is 5.48. The van der Waals surface area contributed by atoms with Crippen LogP contribution in [0.5, 0.6) is 0 Å². The van der Waals surface area contributed by atoms with Crippen molar-refractivity contribution in [1.29, 1.82) is 0 Å². The Morgan fingerprint density at radius 2 is 1.62 bits per heavy atom. The Kier molecular flexibility index (Phi) is 4.94. The number of aliphatic carboxylic acids is 3. The molecule has 0 bridgehead atoms. The van der Waals surface area contributed by atoms with Crippen LogP contribution < -0.4 is 0 Å². The van der Waals surface area contributed by atoms with Crippen molar-refractivity contribution in [2.75, 3.05) is 0 Å². The molecular formula is C10H16O6. The molecule has 0 aliphatic carbocycles. The maximum atomic E-state index is 10.9. The van der Waals surface area contributed by atoms with Crippen LogP contribution in [0.4, 0.5) is 0 Å². The third-order valence-corrected chi connectivity index (χ3v) is 2.60. The molecule has 6 nitrogen and oxygen atoms in total. The fourth-order valence-corrected chi connectivity index (χ4v) is 1.40. The Morgan fingerprint density at radius 1 is 1.12 bits per heavy atom. The van der Waals surface area contributed by atoms with Crippen LogP contribution in [-0.4, -0.2) is 33.2 Å². The normalized spacial score (nSPS) is 13.1. The van der Waals surface area contributed by atoms with E-state index in [4.69, 9.17) is 15.3 Å². The summed E-state index contributed by atoms with van der Waals surface area (Å²) in [6.07, 6.45) is 0.0451. The molecule has 0 radical (unpaired) electrons. The highest BCUT2D eigenvalue weighted by Crippen LogP contribution is 2.31. The number of carbonyl (C=O) groups is 3. The fraction of sp³-hybridized carbons (Fsp3) is 0.700. The highest BCUT2D eigenvalue weighted by atomic mass is 16.4. The zero-order valence-corrected chi connectivity index (χ0v) is 9.27. The van der Waals surface area contributed by atoms with Crippen molar-refractivity contribution in [3.05, 3.63) is 0 Å². The van der Waals surface area contributed by atoms with Crippen molar-refractivity contribution < 1.29 is 29.7 Å². The maximum Gasteiger partial charge on any atom is 0.309 e. The van der Waals surface area contributed by atoms with Crippen LogP contribution in [0.15, 0.2) is 0 Å². The Balaban J connectivity index is 4.57. The molecular weight excluding hydrogens is 216 g/mol. The zero-order chi connectivity index (χ0) is 12.9. The molecule has 0 aromatic carbocycles. The van der Waals surface area contributed by atoms with Crippen molar-refractivity contribution in [3.63, 3.8) is 0 Å². The summed E-state index contributed by atoms with van der Waals surface area (Å²) in [7, 11) is 0. The molecule has 0 aromatic rings. The molecule has 0 amide bonds. The van der Waals surface area contributed by atoms with Crippen molar-refractivity contribution in [3.8, 4) is 0 Å². The lowest BCUT2D eigenvalue weighted by molar-refractivity contribution is -0.160. The van der Waals surface area contributed by atoms with Crippen molar-refractivity contribution >= 4 is 17.9 Å². The van der Waals surface area contributed by atoms with E-state index >= 15 is 0 Å². The highest BCUT2D eigenvalue weighted by Gasteiger charge is 2.41. The van der Waals surface area contributed by atoms with E-state index in [1.807, 2.05) is 0 Å². The molecule has 0 saturated heterocycles. The number of carboxylic acid groups (broad SMARTS) is 3. The summed E-state index contributed by atoms with van der Waals surface area (Å²) in [5.41, 5.74) is -1.40. The Bertz CT molecular complexity index is 294. The van der Waals surface area contributed by atoms with Gasteiger partial charge in [0.2, 0.25) is 0 Å². The summed E-state index contributed by atoms with van der Waals surface area (Å²) < 4.78 is 0. The molecule has 92 valence electrons. The van der Waals surface area contributed by atoms with Crippen molar-refractivity contribution in [2.24, 2.45) is 11.3 Å². The summed E-state index contributed by atoms with van der Waals surface area (Å²) >= 11 is 0. The van der Waals surface area contributed by atoms with Gasteiger partial charge in [-0.25, -0.2) is 0 Å². The van der Waals surface area contributed by atoms with Crippen LogP contribution in [0.2, 0.25) is 0 Å². The summed E-state index contributed by atoms with van der Waals surface area (Å²) in [6.45, 7) is 2.66. The average Bonchev–Trinajstić information content (AvgIpc) is 2.10. The van der Waals surface area contributed by atoms with Gasteiger partial charge in [0.1, 0.15) is 0 Å². The number of rotatable bonds is 7. The first-order valence-electron chi connectivity index (χ1n) is 4.87. The van der Waals surface area contributed by atoms with E-state index in [1.54, 1.807) is 0 Å². The number of hydrogen-bond acceptors (Lipinski definition) is 3. The molecule has 1 unspecified atom stereocenters. The van der Waals surface area contributed by atoms with Crippen LogP contribution in [0.3, 0.4) is 0 Å². The number of carboxylic acids is 3. The van der Waals surface area contributed by atoms with Gasteiger partial charge in [0.25, 0.3) is 0 Å². The zero-order valence-electron chi connectivity index (χ0n) is 9.27. The predicted octanol–water partition coefficient (Wildman–Crippen LogP) is 1.05. The molecule has 1 atom stereocenters. The Morgan fingerprint density at radius 3 is 1.94 bits per heavy atom. The standard InChI is InChI=1S/C10H16O6/c1-10(2,9(15)16)6(8(13)14)4-3-5-7(11)12/h6H,3-5H2,1-2H3,(H,11,12)(H,13,14)(H,15,16). The van der Waals surface area contributed by atoms with E-state index in [-0.39, 0.29) is 19.3 Å². The van der Waals surface area contributed by atoms with Gasteiger partial charge in [-0.15, -0.1) is 0 Å². The monoisotopic (exact) mass is 232 g/mol. The molecule has 0 aromatic heterocycles. The summed E-state index contributed by atoms with van der Waals surface area (Å²) in [4.78, 5) is 32.1. The molecule has 0 rings (SSSR count). The smallest absolute Gasteiger partial charge is 0.309 e. The molecule has 6 heteroatoms. The maximum absolute atomic E-state index is 10.9. The van der Waals surface area contributed by atoms with E-state index in [2.05, 4.69) is 0 Å². The van der Waals surface area contributed by atoms with E-state index < -0.39 is 29.2 Å². The Labute approximate surface area is 92.9 Å². The third-order valence-electron chi connectivity index (χ3n) is 2.60. The third kappa shape index (κ3) is 3.88. The van der Waals surface area contributed by atoms with Crippen LogP contribution in [-0.2, 0) is 14.4 Å². The van der Waals surface area contributed by atoms with Crippen molar-refractivity contribution in [2.45, 2.75) is 33.1 Å². The van der Waals surface area contributed by atoms with Crippen LogP contribution in [0.1, 0.15) is 33.1 Å². The highest BCUT2D eigenvalue weighted by molar-refractivity contribution is 5.82. The molecule has 16 heavy (non-hydrogen) atoms. The topological polar surface area (TPSA) is 112 Å². The summed E-state index contributed by atoms with van der Waals surface area (Å²) in [6, 6.07) is 0. The van der Waals surface area contributed by atoms with Gasteiger partial charge < -0.3 is 15.3 Å². The first-order chi connectivity index (χ1) is 7.19. The number of hydrogen-bond donors (Lipinski definition) is 3. The average molecular weight is 232 g/mol. The molecule has 0 heterocycles. The van der Waals surface area contributed by atoms with E-state index in [9.17, 15) is 14.4 Å². The lowest BCUT2D eigenvalue weighted by Crippen LogP contribution is -2.37. The van der Waals surface area contributed by atoms with Gasteiger partial charge in [-0.2, -0.15) is 0 Å². The lowest BCUT2D eigenvalue weighted by atomic mass is 9.76.